The molecule has 4 atom stereocenters. The predicted molar refractivity (Wildman–Crippen MR) is 51.6 cm³/mol. The average Bonchev–Trinajstić information content (AvgIpc) is 2.60. The minimum atomic E-state index is -0.243. The van der Waals surface area contributed by atoms with Gasteiger partial charge in [0.15, 0.2) is 0 Å². The Morgan fingerprint density at radius 2 is 1.80 bits per heavy atom. The number of carbonyl (C=O) groups is 2. The van der Waals surface area contributed by atoms with E-state index in [0.717, 1.165) is 12.8 Å². The summed E-state index contributed by atoms with van der Waals surface area (Å²) in [6.07, 6.45) is 3.72. The summed E-state index contributed by atoms with van der Waals surface area (Å²) in [6, 6.07) is 0. The van der Waals surface area contributed by atoms with E-state index in [9.17, 15) is 9.59 Å². The Balaban J connectivity index is 1.88. The number of hydrogen-bond acceptors (Lipinski definition) is 4. The van der Waals surface area contributed by atoms with Crippen LogP contribution in [0.4, 0.5) is 0 Å². The number of carbonyl (C=O) groups excluding carboxylic acids is 2. The highest BCUT2D eigenvalue weighted by Gasteiger charge is 2.49. The maximum atomic E-state index is 10.8. The number of hydrogen-bond donors (Lipinski definition) is 0. The van der Waals surface area contributed by atoms with E-state index in [1.807, 2.05) is 6.42 Å². The van der Waals surface area contributed by atoms with Crippen molar-refractivity contribution in [2.24, 2.45) is 11.8 Å². The third-order valence-electron chi connectivity index (χ3n) is 3.11. The van der Waals surface area contributed by atoms with Crippen molar-refractivity contribution in [3.8, 4) is 0 Å². The molecule has 2 aliphatic rings. The van der Waals surface area contributed by atoms with E-state index < -0.39 is 0 Å². The van der Waals surface area contributed by atoms with E-state index in [1.165, 1.54) is 13.8 Å². The van der Waals surface area contributed by atoms with Gasteiger partial charge in [-0.25, -0.2) is 0 Å². The van der Waals surface area contributed by atoms with Crippen LogP contribution in [0.15, 0.2) is 0 Å². The van der Waals surface area contributed by atoms with E-state index in [-0.39, 0.29) is 30.1 Å². The SMILES string of the molecule is CC(=O)O[C@H]1C[C@@H]2C[C@H]1[CH][C@H]2OC(C)=O. The van der Waals surface area contributed by atoms with Gasteiger partial charge in [0.2, 0.25) is 0 Å². The van der Waals surface area contributed by atoms with E-state index in [4.69, 9.17) is 9.47 Å². The molecule has 2 aliphatic carbocycles. The van der Waals surface area contributed by atoms with Crippen LogP contribution in [-0.4, -0.2) is 24.1 Å². The lowest BCUT2D eigenvalue weighted by Crippen LogP contribution is -2.31. The second-order valence-corrected chi connectivity index (χ2v) is 4.31. The second-order valence-electron chi connectivity index (χ2n) is 4.31. The first-order chi connectivity index (χ1) is 7.06. The second kappa shape index (κ2) is 3.83. The van der Waals surface area contributed by atoms with Crippen molar-refractivity contribution in [2.45, 2.75) is 38.9 Å². The van der Waals surface area contributed by atoms with Crippen molar-refractivity contribution in [3.05, 3.63) is 6.42 Å². The molecule has 2 rings (SSSR count). The van der Waals surface area contributed by atoms with Gasteiger partial charge in [-0.2, -0.15) is 0 Å². The Morgan fingerprint density at radius 3 is 2.27 bits per heavy atom. The van der Waals surface area contributed by atoms with E-state index in [1.54, 1.807) is 0 Å². The van der Waals surface area contributed by atoms with Crippen molar-refractivity contribution >= 4 is 11.9 Å². The van der Waals surface area contributed by atoms with Gasteiger partial charge in [-0.3, -0.25) is 9.59 Å². The average molecular weight is 211 g/mol. The molecule has 0 heterocycles. The molecular formula is C11H15O4. The smallest absolute Gasteiger partial charge is 0.302 e. The Kier molecular flexibility index (Phi) is 2.67. The number of fused-ring (bicyclic) bond motifs is 2. The molecule has 1 radical (unpaired) electrons. The zero-order valence-corrected chi connectivity index (χ0v) is 8.93. The summed E-state index contributed by atoms with van der Waals surface area (Å²) in [6.45, 7) is 2.85. The normalized spacial score (nSPS) is 37.7. The molecule has 0 spiro atoms. The van der Waals surface area contributed by atoms with Crippen LogP contribution in [0.3, 0.4) is 0 Å². The standard InChI is InChI=1S/C11H15O4/c1-6(12)14-10-4-9-3-8(10)5-11(9)15-7(2)13/h4,8-11H,3,5H2,1-2H3/t8-,9-,10+,11-/m0/s1. The molecule has 0 unspecified atom stereocenters. The topological polar surface area (TPSA) is 52.6 Å². The Morgan fingerprint density at radius 1 is 1.13 bits per heavy atom. The third-order valence-corrected chi connectivity index (χ3v) is 3.11. The van der Waals surface area contributed by atoms with Gasteiger partial charge in [-0.15, -0.1) is 0 Å². The molecule has 4 nitrogen and oxygen atoms in total. The van der Waals surface area contributed by atoms with E-state index in [2.05, 4.69) is 0 Å². The molecule has 0 aromatic rings. The van der Waals surface area contributed by atoms with Crippen LogP contribution in [0.1, 0.15) is 26.7 Å². The molecule has 83 valence electrons. The lowest BCUT2D eigenvalue weighted by Gasteiger charge is -2.26. The van der Waals surface area contributed by atoms with Gasteiger partial charge in [0.1, 0.15) is 12.2 Å². The first-order valence-electron chi connectivity index (χ1n) is 5.25. The van der Waals surface area contributed by atoms with Gasteiger partial charge >= 0.3 is 11.9 Å². The molecule has 2 bridgehead atoms. The summed E-state index contributed by atoms with van der Waals surface area (Å²) in [5, 5.41) is 0. The molecule has 4 heteroatoms. The van der Waals surface area contributed by atoms with Crippen LogP contribution in [0.25, 0.3) is 0 Å². The summed E-state index contributed by atoms with van der Waals surface area (Å²) in [5.41, 5.74) is 0. The highest BCUT2D eigenvalue weighted by atomic mass is 16.6. The van der Waals surface area contributed by atoms with Gasteiger partial charge < -0.3 is 9.47 Å². The zero-order chi connectivity index (χ0) is 11.0. The van der Waals surface area contributed by atoms with E-state index in [0.29, 0.717) is 5.92 Å². The highest BCUT2D eigenvalue weighted by Crippen LogP contribution is 2.46. The quantitative estimate of drug-likeness (QED) is 0.642. The third kappa shape index (κ3) is 2.13. The summed E-state index contributed by atoms with van der Waals surface area (Å²) in [4.78, 5) is 21.6. The van der Waals surface area contributed by atoms with Crippen LogP contribution in [0.5, 0.6) is 0 Å². The van der Waals surface area contributed by atoms with E-state index >= 15 is 0 Å². The summed E-state index contributed by atoms with van der Waals surface area (Å²) < 4.78 is 10.4. The zero-order valence-electron chi connectivity index (χ0n) is 8.93. The Bertz CT molecular complexity index is 258. The maximum absolute atomic E-state index is 10.8. The van der Waals surface area contributed by atoms with Crippen LogP contribution in [-0.2, 0) is 19.1 Å². The largest absolute Gasteiger partial charge is 0.462 e. The molecule has 2 fully saturated rings. The molecule has 15 heavy (non-hydrogen) atoms. The van der Waals surface area contributed by atoms with Crippen molar-refractivity contribution in [1.29, 1.82) is 0 Å². The molecule has 2 saturated carbocycles. The Hall–Kier alpha value is -1.06. The molecular weight excluding hydrogens is 196 g/mol. The van der Waals surface area contributed by atoms with Gasteiger partial charge in [0.05, 0.1) is 0 Å². The fourth-order valence-corrected chi connectivity index (χ4v) is 2.62. The molecule has 0 aromatic carbocycles. The van der Waals surface area contributed by atoms with Crippen molar-refractivity contribution in [3.63, 3.8) is 0 Å². The predicted octanol–water partition coefficient (Wildman–Crippen LogP) is 1.09. The summed E-state index contributed by atoms with van der Waals surface area (Å²) in [7, 11) is 0. The van der Waals surface area contributed by atoms with Gasteiger partial charge in [-0.1, -0.05) is 0 Å². The fraction of sp³-hybridized carbons (Fsp3) is 0.727. The Labute approximate surface area is 88.9 Å². The number of rotatable bonds is 2. The molecule has 0 aliphatic heterocycles. The summed E-state index contributed by atoms with van der Waals surface area (Å²) >= 11 is 0. The van der Waals surface area contributed by atoms with Crippen molar-refractivity contribution in [2.75, 3.05) is 0 Å². The molecule has 0 N–H and O–H groups in total. The number of ether oxygens (including phenoxy) is 2. The van der Waals surface area contributed by atoms with Gasteiger partial charge in [0, 0.05) is 32.1 Å². The molecule has 0 amide bonds. The molecule has 0 aromatic heterocycles. The number of esters is 2. The molecule has 0 saturated heterocycles. The van der Waals surface area contributed by atoms with Crippen LogP contribution in [0.2, 0.25) is 0 Å². The lowest BCUT2D eigenvalue weighted by molar-refractivity contribution is -0.153. The van der Waals surface area contributed by atoms with Gasteiger partial charge in [-0.05, 0) is 12.8 Å². The van der Waals surface area contributed by atoms with Crippen LogP contribution in [0, 0.1) is 18.3 Å². The van der Waals surface area contributed by atoms with Crippen LogP contribution >= 0.6 is 0 Å². The first-order valence-corrected chi connectivity index (χ1v) is 5.25. The minimum Gasteiger partial charge on any atom is -0.462 e. The lowest BCUT2D eigenvalue weighted by atomic mass is 9.95. The minimum absolute atomic E-state index is 0.000641. The maximum Gasteiger partial charge on any atom is 0.302 e. The van der Waals surface area contributed by atoms with Gasteiger partial charge in [0.25, 0.3) is 0 Å². The first kappa shape index (κ1) is 10.5. The van der Waals surface area contributed by atoms with Crippen molar-refractivity contribution in [1.82, 2.24) is 0 Å². The van der Waals surface area contributed by atoms with Crippen molar-refractivity contribution < 1.29 is 19.1 Å². The highest BCUT2D eigenvalue weighted by molar-refractivity contribution is 5.67. The monoisotopic (exact) mass is 211 g/mol. The summed E-state index contributed by atoms with van der Waals surface area (Å²) in [5.74, 6) is 0.129. The van der Waals surface area contributed by atoms with Crippen LogP contribution < -0.4 is 0 Å². The fourth-order valence-electron chi connectivity index (χ4n) is 2.62.